The molecule has 1 saturated heterocycles. The van der Waals surface area contributed by atoms with Crippen molar-refractivity contribution in [3.63, 3.8) is 0 Å². The van der Waals surface area contributed by atoms with Gasteiger partial charge in [-0.05, 0) is 6.92 Å². The van der Waals surface area contributed by atoms with Crippen LogP contribution in [0.25, 0.3) is 0 Å². The van der Waals surface area contributed by atoms with E-state index < -0.39 is 67.1 Å². The Labute approximate surface area is 151 Å². The number of carbonyl (C=O) groups is 3. The van der Waals surface area contributed by atoms with Gasteiger partial charge in [0.2, 0.25) is 17.7 Å². The SMILES string of the molecule is CNC(=O)[C@@H](NC(C)=O)[C@@H](C)O[C@H]1O[C@H](CO)[C@@H](O)[C@H](O)[C@@H]1NC(C)=O. The second-order valence-corrected chi connectivity index (χ2v) is 6.07. The summed E-state index contributed by atoms with van der Waals surface area (Å²) in [6.45, 7) is 3.35. The molecule has 26 heavy (non-hydrogen) atoms. The third kappa shape index (κ3) is 5.61. The predicted molar refractivity (Wildman–Crippen MR) is 87.6 cm³/mol. The zero-order chi connectivity index (χ0) is 20.0. The van der Waals surface area contributed by atoms with Crippen molar-refractivity contribution < 1.29 is 39.2 Å². The maximum absolute atomic E-state index is 12.0. The third-order valence-corrected chi connectivity index (χ3v) is 3.96. The summed E-state index contributed by atoms with van der Waals surface area (Å²) in [4.78, 5) is 34.7. The number of hydrogen-bond donors (Lipinski definition) is 6. The Balaban J connectivity index is 3.00. The van der Waals surface area contributed by atoms with Crippen molar-refractivity contribution in [2.75, 3.05) is 13.7 Å². The molecule has 1 heterocycles. The number of hydrogen-bond acceptors (Lipinski definition) is 8. The Morgan fingerprint density at radius 2 is 1.77 bits per heavy atom. The Morgan fingerprint density at radius 1 is 1.15 bits per heavy atom. The normalized spacial score (nSPS) is 30.8. The fourth-order valence-electron chi connectivity index (χ4n) is 2.65. The van der Waals surface area contributed by atoms with E-state index >= 15 is 0 Å². The standard InChI is InChI=1S/C15H27N3O8/c1-6(10(14(24)16-4)17-7(2)20)25-15-11(18-8(3)21)13(23)12(22)9(5-19)26-15/h6,9-13,15,19,22-23H,5H2,1-4H3,(H,16,24)(H,17,20)(H,18,21)/t6-,9-,10+,11+,12-,13-,15+/m1/s1. The molecule has 7 atom stereocenters. The molecule has 11 nitrogen and oxygen atoms in total. The molecule has 0 radical (unpaired) electrons. The van der Waals surface area contributed by atoms with Gasteiger partial charge in [0, 0.05) is 20.9 Å². The Morgan fingerprint density at radius 3 is 2.23 bits per heavy atom. The van der Waals surface area contributed by atoms with Gasteiger partial charge < -0.3 is 40.7 Å². The molecule has 0 aliphatic carbocycles. The van der Waals surface area contributed by atoms with E-state index in [0.29, 0.717) is 0 Å². The monoisotopic (exact) mass is 377 g/mol. The molecule has 0 aromatic carbocycles. The average molecular weight is 377 g/mol. The molecule has 0 aromatic rings. The first kappa shape index (κ1) is 22.3. The molecule has 1 fully saturated rings. The summed E-state index contributed by atoms with van der Waals surface area (Å²) in [5, 5.41) is 36.7. The first-order valence-corrected chi connectivity index (χ1v) is 8.16. The van der Waals surface area contributed by atoms with E-state index in [0.717, 1.165) is 0 Å². The Bertz CT molecular complexity index is 517. The molecular formula is C15H27N3O8. The van der Waals surface area contributed by atoms with E-state index in [-0.39, 0.29) is 0 Å². The lowest BCUT2D eigenvalue weighted by Crippen LogP contribution is -2.65. The van der Waals surface area contributed by atoms with Crippen LogP contribution in [0.15, 0.2) is 0 Å². The third-order valence-electron chi connectivity index (χ3n) is 3.96. The minimum absolute atomic E-state index is 0.458. The van der Waals surface area contributed by atoms with Gasteiger partial charge in [0.15, 0.2) is 6.29 Å². The van der Waals surface area contributed by atoms with Crippen LogP contribution in [-0.4, -0.2) is 89.5 Å². The number of aliphatic hydroxyl groups is 3. The molecule has 1 rings (SSSR count). The fraction of sp³-hybridized carbons (Fsp3) is 0.800. The van der Waals surface area contributed by atoms with Crippen molar-refractivity contribution >= 4 is 17.7 Å². The fourth-order valence-corrected chi connectivity index (χ4v) is 2.65. The highest BCUT2D eigenvalue weighted by Gasteiger charge is 2.46. The van der Waals surface area contributed by atoms with Gasteiger partial charge in [-0.15, -0.1) is 0 Å². The van der Waals surface area contributed by atoms with E-state index in [4.69, 9.17) is 9.47 Å². The molecule has 0 aromatic heterocycles. The molecule has 0 unspecified atom stereocenters. The molecule has 1 aliphatic rings. The van der Waals surface area contributed by atoms with Crippen LogP contribution in [-0.2, 0) is 23.9 Å². The van der Waals surface area contributed by atoms with Crippen molar-refractivity contribution in [2.45, 2.75) is 63.6 Å². The van der Waals surface area contributed by atoms with Crippen LogP contribution < -0.4 is 16.0 Å². The highest BCUT2D eigenvalue weighted by atomic mass is 16.7. The lowest BCUT2D eigenvalue weighted by Gasteiger charge is -2.43. The van der Waals surface area contributed by atoms with Gasteiger partial charge in [-0.2, -0.15) is 0 Å². The summed E-state index contributed by atoms with van der Waals surface area (Å²) in [6.07, 6.45) is -6.25. The van der Waals surface area contributed by atoms with Gasteiger partial charge in [-0.25, -0.2) is 0 Å². The summed E-state index contributed by atoms with van der Waals surface area (Å²) in [7, 11) is 1.39. The minimum Gasteiger partial charge on any atom is -0.394 e. The number of ether oxygens (including phenoxy) is 2. The Hall–Kier alpha value is -1.79. The van der Waals surface area contributed by atoms with Crippen LogP contribution in [0.3, 0.4) is 0 Å². The molecule has 0 saturated carbocycles. The Kier molecular flexibility index (Phi) is 8.37. The van der Waals surface area contributed by atoms with Gasteiger partial charge in [-0.1, -0.05) is 0 Å². The van der Waals surface area contributed by atoms with Gasteiger partial charge in [0.25, 0.3) is 0 Å². The van der Waals surface area contributed by atoms with Gasteiger partial charge >= 0.3 is 0 Å². The number of carbonyl (C=O) groups excluding carboxylic acids is 3. The van der Waals surface area contributed by atoms with Crippen LogP contribution in [0.4, 0.5) is 0 Å². The van der Waals surface area contributed by atoms with Crippen LogP contribution in [0.5, 0.6) is 0 Å². The van der Waals surface area contributed by atoms with Crippen LogP contribution in [0.2, 0.25) is 0 Å². The minimum atomic E-state index is -1.47. The molecule has 3 amide bonds. The quantitative estimate of drug-likeness (QED) is 0.267. The molecule has 6 N–H and O–H groups in total. The first-order chi connectivity index (χ1) is 12.1. The van der Waals surface area contributed by atoms with Gasteiger partial charge in [0.1, 0.15) is 30.4 Å². The number of aliphatic hydroxyl groups excluding tert-OH is 3. The van der Waals surface area contributed by atoms with Crippen LogP contribution >= 0.6 is 0 Å². The van der Waals surface area contributed by atoms with Gasteiger partial charge in [0.05, 0.1) is 12.7 Å². The second-order valence-electron chi connectivity index (χ2n) is 6.07. The smallest absolute Gasteiger partial charge is 0.245 e. The largest absolute Gasteiger partial charge is 0.394 e. The predicted octanol–water partition coefficient (Wildman–Crippen LogP) is -3.41. The number of amides is 3. The van der Waals surface area contributed by atoms with Crippen molar-refractivity contribution in [2.24, 2.45) is 0 Å². The van der Waals surface area contributed by atoms with E-state index in [1.54, 1.807) is 0 Å². The van der Waals surface area contributed by atoms with Crippen LogP contribution in [0.1, 0.15) is 20.8 Å². The molecule has 0 spiro atoms. The topological polar surface area (TPSA) is 166 Å². The second kappa shape index (κ2) is 9.78. The maximum atomic E-state index is 12.0. The molecule has 150 valence electrons. The molecular weight excluding hydrogens is 350 g/mol. The maximum Gasteiger partial charge on any atom is 0.245 e. The van der Waals surface area contributed by atoms with E-state index in [9.17, 15) is 29.7 Å². The number of nitrogens with one attached hydrogen (secondary N) is 3. The summed E-state index contributed by atoms with van der Waals surface area (Å²) >= 11 is 0. The van der Waals surface area contributed by atoms with E-state index in [1.165, 1.54) is 27.8 Å². The molecule has 1 aliphatic heterocycles. The van der Waals surface area contributed by atoms with Crippen molar-refractivity contribution in [3.05, 3.63) is 0 Å². The highest BCUT2D eigenvalue weighted by molar-refractivity contribution is 5.87. The summed E-state index contributed by atoms with van der Waals surface area (Å²) < 4.78 is 11.1. The number of likely N-dealkylation sites (N-methyl/N-ethyl adjacent to an activating group) is 1. The van der Waals surface area contributed by atoms with Crippen molar-refractivity contribution in [3.8, 4) is 0 Å². The lowest BCUT2D eigenvalue weighted by molar-refractivity contribution is -0.281. The first-order valence-electron chi connectivity index (χ1n) is 8.16. The van der Waals surface area contributed by atoms with Crippen molar-refractivity contribution in [1.82, 2.24) is 16.0 Å². The molecule has 11 heteroatoms. The van der Waals surface area contributed by atoms with Crippen molar-refractivity contribution in [1.29, 1.82) is 0 Å². The highest BCUT2D eigenvalue weighted by Crippen LogP contribution is 2.23. The van der Waals surface area contributed by atoms with E-state index in [2.05, 4.69) is 16.0 Å². The summed E-state index contributed by atoms with van der Waals surface area (Å²) in [6, 6.07) is -2.20. The van der Waals surface area contributed by atoms with E-state index in [1.807, 2.05) is 0 Å². The van der Waals surface area contributed by atoms with Crippen LogP contribution in [0, 0.1) is 0 Å². The average Bonchev–Trinajstić information content (AvgIpc) is 2.57. The number of rotatable bonds is 7. The van der Waals surface area contributed by atoms with Gasteiger partial charge in [-0.3, -0.25) is 14.4 Å². The summed E-state index contributed by atoms with van der Waals surface area (Å²) in [5.41, 5.74) is 0. The zero-order valence-corrected chi connectivity index (χ0v) is 15.1. The molecule has 0 bridgehead atoms. The summed E-state index contributed by atoms with van der Waals surface area (Å²) in [5.74, 6) is -1.47. The zero-order valence-electron chi connectivity index (χ0n) is 15.1. The lowest BCUT2D eigenvalue weighted by atomic mass is 9.96.